The van der Waals surface area contributed by atoms with Crippen LogP contribution in [-0.4, -0.2) is 11.5 Å². The largest absolute Gasteiger partial charge is 0.361 e. The summed E-state index contributed by atoms with van der Waals surface area (Å²) in [7, 11) is 0. The Hall–Kier alpha value is -1.28. The zero-order valence-corrected chi connectivity index (χ0v) is 10.8. The second-order valence-corrected chi connectivity index (χ2v) is 6.09. The van der Waals surface area contributed by atoms with Crippen molar-refractivity contribution in [1.29, 1.82) is 0 Å². The number of aromatic amines is 1. The molecule has 0 spiro atoms. The predicted octanol–water partition coefficient (Wildman–Crippen LogP) is 3.40. The Morgan fingerprint density at radius 1 is 1.24 bits per heavy atom. The molecule has 1 aromatic heterocycles. The number of hydrogen-bond donors (Lipinski definition) is 2. The Morgan fingerprint density at radius 3 is 2.82 bits per heavy atom. The lowest BCUT2D eigenvalue weighted by atomic mass is 9.82. The monoisotopic (exact) mass is 228 g/mol. The maximum Gasteiger partial charge on any atom is 0.0460 e. The Kier molecular flexibility index (Phi) is 2.30. The van der Waals surface area contributed by atoms with Crippen molar-refractivity contribution in [2.45, 2.75) is 33.2 Å². The highest BCUT2D eigenvalue weighted by Gasteiger charge is 2.30. The quantitative estimate of drug-likeness (QED) is 0.710. The minimum Gasteiger partial charge on any atom is -0.361 e. The van der Waals surface area contributed by atoms with Crippen LogP contribution in [0.1, 0.15) is 37.9 Å². The molecule has 0 aliphatic carbocycles. The molecule has 1 aliphatic rings. The van der Waals surface area contributed by atoms with Crippen LogP contribution in [0.15, 0.2) is 24.4 Å². The van der Waals surface area contributed by atoms with Crippen LogP contribution in [0.3, 0.4) is 0 Å². The van der Waals surface area contributed by atoms with Crippen molar-refractivity contribution in [1.82, 2.24) is 10.3 Å². The van der Waals surface area contributed by atoms with Crippen molar-refractivity contribution in [3.8, 4) is 0 Å². The summed E-state index contributed by atoms with van der Waals surface area (Å²) in [5.74, 6) is 0. The van der Waals surface area contributed by atoms with E-state index in [0.29, 0.717) is 6.04 Å². The van der Waals surface area contributed by atoms with Gasteiger partial charge < -0.3 is 10.3 Å². The Balaban J connectivity index is 2.25. The summed E-state index contributed by atoms with van der Waals surface area (Å²) in [6, 6.07) is 7.01. The first-order valence-electron chi connectivity index (χ1n) is 6.39. The van der Waals surface area contributed by atoms with Crippen molar-refractivity contribution in [2.75, 3.05) is 6.54 Å². The van der Waals surface area contributed by atoms with Crippen molar-refractivity contribution < 1.29 is 0 Å². The number of rotatable bonds is 0. The van der Waals surface area contributed by atoms with Crippen LogP contribution >= 0.6 is 0 Å². The molecule has 0 radical (unpaired) electrons. The first-order valence-corrected chi connectivity index (χ1v) is 6.39. The van der Waals surface area contributed by atoms with Gasteiger partial charge in [0, 0.05) is 23.1 Å². The van der Waals surface area contributed by atoms with Crippen molar-refractivity contribution in [2.24, 2.45) is 5.41 Å². The van der Waals surface area contributed by atoms with E-state index in [-0.39, 0.29) is 5.41 Å². The number of aromatic nitrogens is 1. The van der Waals surface area contributed by atoms with Crippen LogP contribution < -0.4 is 5.32 Å². The predicted molar refractivity (Wildman–Crippen MR) is 72.2 cm³/mol. The van der Waals surface area contributed by atoms with E-state index in [0.717, 1.165) is 13.0 Å². The molecule has 2 aromatic rings. The molecular formula is C15H20N2. The molecule has 0 amide bonds. The van der Waals surface area contributed by atoms with Gasteiger partial charge in [0.15, 0.2) is 0 Å². The fourth-order valence-corrected chi connectivity index (χ4v) is 2.96. The summed E-state index contributed by atoms with van der Waals surface area (Å²) in [4.78, 5) is 3.41. The molecular weight excluding hydrogens is 208 g/mol. The second kappa shape index (κ2) is 3.61. The second-order valence-electron chi connectivity index (χ2n) is 6.09. The van der Waals surface area contributed by atoms with Gasteiger partial charge in [-0.05, 0) is 35.6 Å². The Labute approximate surface area is 102 Å². The first kappa shape index (κ1) is 10.8. The lowest BCUT2D eigenvalue weighted by Gasteiger charge is -2.30. The molecule has 2 heteroatoms. The van der Waals surface area contributed by atoms with E-state index in [9.17, 15) is 0 Å². The SMILES string of the molecule is CC(C)(C)C1NCCc2cccc3[nH]cc1c23. The average molecular weight is 228 g/mol. The van der Waals surface area contributed by atoms with Gasteiger partial charge in [0.1, 0.15) is 0 Å². The molecule has 3 rings (SSSR count). The van der Waals surface area contributed by atoms with Crippen LogP contribution in [0.5, 0.6) is 0 Å². The molecule has 0 bridgehead atoms. The molecule has 2 N–H and O–H groups in total. The fraction of sp³-hybridized carbons (Fsp3) is 0.467. The highest BCUT2D eigenvalue weighted by molar-refractivity contribution is 5.87. The molecule has 0 saturated heterocycles. The Morgan fingerprint density at radius 2 is 2.06 bits per heavy atom. The zero-order chi connectivity index (χ0) is 12.0. The van der Waals surface area contributed by atoms with Crippen LogP contribution in [0.25, 0.3) is 10.9 Å². The number of benzene rings is 1. The van der Waals surface area contributed by atoms with Crippen molar-refractivity contribution in [3.05, 3.63) is 35.5 Å². The van der Waals surface area contributed by atoms with Gasteiger partial charge >= 0.3 is 0 Å². The van der Waals surface area contributed by atoms with Gasteiger partial charge in [0.2, 0.25) is 0 Å². The maximum atomic E-state index is 3.69. The summed E-state index contributed by atoms with van der Waals surface area (Å²) in [5.41, 5.74) is 4.42. The lowest BCUT2D eigenvalue weighted by molar-refractivity contribution is 0.277. The zero-order valence-electron chi connectivity index (χ0n) is 10.8. The highest BCUT2D eigenvalue weighted by Crippen LogP contribution is 2.39. The first-order chi connectivity index (χ1) is 8.07. The minimum atomic E-state index is 0.243. The van der Waals surface area contributed by atoms with Crippen LogP contribution in [0.2, 0.25) is 0 Å². The molecule has 1 aliphatic heterocycles. The van der Waals surface area contributed by atoms with E-state index >= 15 is 0 Å². The molecule has 90 valence electrons. The minimum absolute atomic E-state index is 0.243. The van der Waals surface area contributed by atoms with E-state index < -0.39 is 0 Å². The molecule has 0 saturated carbocycles. The summed E-state index contributed by atoms with van der Waals surface area (Å²) < 4.78 is 0. The average Bonchev–Trinajstić information content (AvgIpc) is 2.56. The molecule has 1 atom stereocenters. The summed E-state index contributed by atoms with van der Waals surface area (Å²) >= 11 is 0. The lowest BCUT2D eigenvalue weighted by Crippen LogP contribution is -2.32. The summed E-state index contributed by atoms with van der Waals surface area (Å²) in [6.45, 7) is 7.97. The third kappa shape index (κ3) is 1.67. The molecule has 1 unspecified atom stereocenters. The van der Waals surface area contributed by atoms with Crippen LogP contribution in [-0.2, 0) is 6.42 Å². The van der Waals surface area contributed by atoms with Gasteiger partial charge in [-0.15, -0.1) is 0 Å². The van der Waals surface area contributed by atoms with Crippen molar-refractivity contribution >= 4 is 10.9 Å². The standard InChI is InChI=1S/C15H20N2/c1-15(2,3)14-11-9-17-12-6-4-5-10(13(11)12)7-8-16-14/h4-6,9,14,16-17H,7-8H2,1-3H3. The normalized spacial score (nSPS) is 20.5. The van der Waals surface area contributed by atoms with Gasteiger partial charge in [-0.25, -0.2) is 0 Å². The molecule has 2 nitrogen and oxygen atoms in total. The summed E-state index contributed by atoms with van der Waals surface area (Å²) in [6.07, 6.45) is 3.30. The molecule has 1 aromatic carbocycles. The van der Waals surface area contributed by atoms with Gasteiger partial charge in [-0.1, -0.05) is 32.9 Å². The number of hydrogen-bond acceptors (Lipinski definition) is 1. The van der Waals surface area contributed by atoms with E-state index in [4.69, 9.17) is 0 Å². The molecule has 0 fully saturated rings. The summed E-state index contributed by atoms with van der Waals surface area (Å²) in [5, 5.41) is 5.14. The molecule has 17 heavy (non-hydrogen) atoms. The van der Waals surface area contributed by atoms with E-state index in [2.05, 4.69) is 55.5 Å². The molecule has 2 heterocycles. The van der Waals surface area contributed by atoms with Crippen LogP contribution in [0, 0.1) is 5.41 Å². The number of nitrogens with one attached hydrogen (secondary N) is 2. The Bertz CT molecular complexity index is 546. The smallest absolute Gasteiger partial charge is 0.0460 e. The number of H-pyrrole nitrogens is 1. The maximum absolute atomic E-state index is 3.69. The van der Waals surface area contributed by atoms with E-state index in [1.165, 1.54) is 22.0 Å². The third-order valence-electron chi connectivity index (χ3n) is 3.74. The van der Waals surface area contributed by atoms with Gasteiger partial charge in [0.05, 0.1) is 0 Å². The van der Waals surface area contributed by atoms with Crippen LogP contribution in [0.4, 0.5) is 0 Å². The van der Waals surface area contributed by atoms with E-state index in [1.54, 1.807) is 0 Å². The van der Waals surface area contributed by atoms with Crippen molar-refractivity contribution in [3.63, 3.8) is 0 Å². The van der Waals surface area contributed by atoms with Gasteiger partial charge in [0.25, 0.3) is 0 Å². The highest BCUT2D eigenvalue weighted by atomic mass is 14.9. The van der Waals surface area contributed by atoms with Gasteiger partial charge in [-0.3, -0.25) is 0 Å². The third-order valence-corrected chi connectivity index (χ3v) is 3.74. The fourth-order valence-electron chi connectivity index (χ4n) is 2.96. The van der Waals surface area contributed by atoms with E-state index in [1.807, 2.05) is 0 Å². The topological polar surface area (TPSA) is 27.8 Å². The van der Waals surface area contributed by atoms with Gasteiger partial charge in [-0.2, -0.15) is 0 Å².